The number of amidine groups is 1. The van der Waals surface area contributed by atoms with E-state index >= 15 is 0 Å². The van der Waals surface area contributed by atoms with Crippen molar-refractivity contribution in [2.24, 2.45) is 10.7 Å². The van der Waals surface area contributed by atoms with Gasteiger partial charge in [0.05, 0.1) is 6.61 Å². The fourth-order valence-corrected chi connectivity index (χ4v) is 0.922. The number of hydrogen-bond donors (Lipinski definition) is 3. The fourth-order valence-electron chi connectivity index (χ4n) is 0.922. The van der Waals surface area contributed by atoms with Crippen LogP contribution in [-0.4, -0.2) is 43.7 Å². The Morgan fingerprint density at radius 3 is 2.56 bits per heavy atom. The molecule has 0 aromatic rings. The standard InChI is InChI=1S/C10H19N3O3.C2H6/c1-3-16-10(15)8(9(11)12-2)7-13-5-4-6-14;1-2/h7,13-14H,3-6H2,1-2H3,(H2,11,12);1-2H3/b8-7+;. The quantitative estimate of drug-likeness (QED) is 0.202. The Morgan fingerprint density at radius 1 is 1.50 bits per heavy atom. The molecular formula is C12H25N3O3. The molecule has 0 saturated carbocycles. The van der Waals surface area contributed by atoms with Gasteiger partial charge in [-0.05, 0) is 13.3 Å². The maximum absolute atomic E-state index is 11.5. The highest BCUT2D eigenvalue weighted by atomic mass is 16.5. The number of esters is 1. The average Bonchev–Trinajstić information content (AvgIpc) is 2.40. The number of carbonyl (C=O) groups excluding carboxylic acids is 1. The zero-order valence-electron chi connectivity index (χ0n) is 11.7. The second-order valence-electron chi connectivity index (χ2n) is 2.92. The van der Waals surface area contributed by atoms with Crippen LogP contribution in [-0.2, 0) is 9.53 Å². The van der Waals surface area contributed by atoms with Crippen molar-refractivity contribution in [3.63, 3.8) is 0 Å². The van der Waals surface area contributed by atoms with E-state index in [1.54, 1.807) is 6.92 Å². The van der Waals surface area contributed by atoms with Crippen molar-refractivity contribution < 1.29 is 14.6 Å². The number of aliphatic imine (C=N–C) groups is 1. The number of ether oxygens (including phenoxy) is 1. The van der Waals surface area contributed by atoms with Crippen LogP contribution in [0.4, 0.5) is 0 Å². The predicted octanol–water partition coefficient (Wildman–Crippen LogP) is 0.419. The molecule has 0 unspecified atom stereocenters. The Bertz CT molecular complexity index is 276. The van der Waals surface area contributed by atoms with Crippen molar-refractivity contribution in [1.82, 2.24) is 5.32 Å². The Balaban J connectivity index is 0. The van der Waals surface area contributed by atoms with Crippen LogP contribution in [0.5, 0.6) is 0 Å². The van der Waals surface area contributed by atoms with E-state index < -0.39 is 5.97 Å². The van der Waals surface area contributed by atoms with Gasteiger partial charge >= 0.3 is 5.97 Å². The van der Waals surface area contributed by atoms with Gasteiger partial charge in [0, 0.05) is 26.4 Å². The van der Waals surface area contributed by atoms with Crippen LogP contribution in [0.2, 0.25) is 0 Å². The molecule has 0 amide bonds. The van der Waals surface area contributed by atoms with Gasteiger partial charge in [-0.25, -0.2) is 4.79 Å². The summed E-state index contributed by atoms with van der Waals surface area (Å²) >= 11 is 0. The van der Waals surface area contributed by atoms with Crippen LogP contribution in [0, 0.1) is 0 Å². The van der Waals surface area contributed by atoms with Crippen LogP contribution in [0.25, 0.3) is 0 Å². The van der Waals surface area contributed by atoms with Gasteiger partial charge in [0.15, 0.2) is 0 Å². The first-order valence-corrected chi connectivity index (χ1v) is 6.11. The minimum absolute atomic E-state index is 0.0902. The lowest BCUT2D eigenvalue weighted by Crippen LogP contribution is -2.25. The summed E-state index contributed by atoms with van der Waals surface area (Å²) in [6.45, 7) is 6.64. The minimum Gasteiger partial charge on any atom is -0.462 e. The van der Waals surface area contributed by atoms with Crippen LogP contribution >= 0.6 is 0 Å². The highest BCUT2D eigenvalue weighted by Gasteiger charge is 2.13. The summed E-state index contributed by atoms with van der Waals surface area (Å²) in [5.74, 6) is -0.392. The highest BCUT2D eigenvalue weighted by molar-refractivity contribution is 6.18. The lowest BCUT2D eigenvalue weighted by Gasteiger charge is -2.07. The summed E-state index contributed by atoms with van der Waals surface area (Å²) in [5.41, 5.74) is 5.75. The lowest BCUT2D eigenvalue weighted by atomic mass is 10.2. The van der Waals surface area contributed by atoms with E-state index in [0.29, 0.717) is 13.0 Å². The van der Waals surface area contributed by atoms with Crippen LogP contribution < -0.4 is 11.1 Å². The van der Waals surface area contributed by atoms with E-state index in [1.807, 2.05) is 13.8 Å². The number of rotatable bonds is 7. The Morgan fingerprint density at radius 2 is 2.11 bits per heavy atom. The van der Waals surface area contributed by atoms with E-state index in [9.17, 15) is 4.79 Å². The summed E-state index contributed by atoms with van der Waals surface area (Å²) in [5, 5.41) is 11.4. The maximum Gasteiger partial charge on any atom is 0.343 e. The number of aliphatic hydroxyl groups excluding tert-OH is 1. The molecule has 0 heterocycles. The van der Waals surface area contributed by atoms with Crippen molar-refractivity contribution in [1.29, 1.82) is 0 Å². The predicted molar refractivity (Wildman–Crippen MR) is 73.3 cm³/mol. The molecule has 0 aliphatic carbocycles. The van der Waals surface area contributed by atoms with Gasteiger partial charge in [-0.1, -0.05) is 13.8 Å². The van der Waals surface area contributed by atoms with Crippen molar-refractivity contribution >= 4 is 11.8 Å². The van der Waals surface area contributed by atoms with Crippen LogP contribution in [0.3, 0.4) is 0 Å². The molecule has 0 aromatic carbocycles. The average molecular weight is 259 g/mol. The second kappa shape index (κ2) is 13.5. The number of nitrogens with one attached hydrogen (secondary N) is 1. The molecular weight excluding hydrogens is 234 g/mol. The largest absolute Gasteiger partial charge is 0.462 e. The van der Waals surface area contributed by atoms with Crippen molar-refractivity contribution in [3.8, 4) is 0 Å². The first kappa shape index (κ1) is 18.8. The molecule has 106 valence electrons. The summed E-state index contributed by atoms with van der Waals surface area (Å²) in [7, 11) is 1.50. The molecule has 0 bridgehead atoms. The summed E-state index contributed by atoms with van der Waals surface area (Å²) in [6.07, 6.45) is 2.05. The van der Waals surface area contributed by atoms with Crippen molar-refractivity contribution in [2.45, 2.75) is 27.2 Å². The van der Waals surface area contributed by atoms with Gasteiger partial charge in [0.2, 0.25) is 0 Å². The van der Waals surface area contributed by atoms with Crippen molar-refractivity contribution in [2.75, 3.05) is 26.8 Å². The molecule has 0 rings (SSSR count). The molecule has 0 saturated heterocycles. The maximum atomic E-state index is 11.5. The molecule has 0 aliphatic rings. The molecule has 18 heavy (non-hydrogen) atoms. The topological polar surface area (TPSA) is 96.9 Å². The first-order valence-electron chi connectivity index (χ1n) is 6.11. The molecule has 6 nitrogen and oxygen atoms in total. The third-order valence-corrected chi connectivity index (χ3v) is 1.74. The van der Waals surface area contributed by atoms with Crippen LogP contribution in [0.1, 0.15) is 27.2 Å². The van der Waals surface area contributed by atoms with Gasteiger partial charge in [-0.3, -0.25) is 4.99 Å². The molecule has 4 N–H and O–H groups in total. The van der Waals surface area contributed by atoms with E-state index in [1.165, 1.54) is 13.2 Å². The molecule has 0 aromatic heterocycles. The SMILES string of the molecule is CC.CCOC(=O)/C(=C/NCCCO)C(N)=NC. The van der Waals surface area contributed by atoms with E-state index in [0.717, 1.165) is 0 Å². The smallest absolute Gasteiger partial charge is 0.343 e. The molecule has 0 spiro atoms. The zero-order chi connectivity index (χ0) is 14.4. The summed E-state index contributed by atoms with van der Waals surface area (Å²) in [4.78, 5) is 15.2. The van der Waals surface area contributed by atoms with E-state index in [4.69, 9.17) is 15.6 Å². The highest BCUT2D eigenvalue weighted by Crippen LogP contribution is 1.97. The van der Waals surface area contributed by atoms with E-state index in [2.05, 4.69) is 10.3 Å². The number of carbonyl (C=O) groups is 1. The fraction of sp³-hybridized carbons (Fsp3) is 0.667. The Kier molecular flexibility index (Phi) is 14.1. The number of nitrogens with two attached hydrogens (primary N) is 1. The first-order chi connectivity index (χ1) is 8.67. The van der Waals surface area contributed by atoms with Gasteiger partial charge < -0.3 is 20.9 Å². The summed E-state index contributed by atoms with van der Waals surface area (Å²) in [6, 6.07) is 0. The third kappa shape index (κ3) is 8.58. The molecule has 0 atom stereocenters. The monoisotopic (exact) mass is 259 g/mol. The van der Waals surface area contributed by atoms with Gasteiger partial charge in [0.1, 0.15) is 11.4 Å². The van der Waals surface area contributed by atoms with Crippen molar-refractivity contribution in [3.05, 3.63) is 11.8 Å². The van der Waals surface area contributed by atoms with Gasteiger partial charge in [-0.15, -0.1) is 0 Å². The minimum atomic E-state index is -0.512. The lowest BCUT2D eigenvalue weighted by molar-refractivity contribution is -0.137. The Labute approximate surface area is 109 Å². The zero-order valence-corrected chi connectivity index (χ0v) is 11.7. The molecule has 0 fully saturated rings. The number of hydrogen-bond acceptors (Lipinski definition) is 5. The molecule has 0 radical (unpaired) electrons. The normalized spacial score (nSPS) is 11.4. The Hall–Kier alpha value is -1.56. The van der Waals surface area contributed by atoms with Gasteiger partial charge in [-0.2, -0.15) is 0 Å². The van der Waals surface area contributed by atoms with Crippen LogP contribution in [0.15, 0.2) is 16.8 Å². The van der Waals surface area contributed by atoms with Gasteiger partial charge in [0.25, 0.3) is 0 Å². The summed E-state index contributed by atoms with van der Waals surface area (Å²) < 4.78 is 4.83. The van der Waals surface area contributed by atoms with E-state index in [-0.39, 0.29) is 24.6 Å². The number of nitrogens with zero attached hydrogens (tertiary/aromatic N) is 1. The molecule has 6 heteroatoms. The third-order valence-electron chi connectivity index (χ3n) is 1.74. The molecule has 0 aliphatic heterocycles. The number of aliphatic hydroxyl groups is 1. The second-order valence-corrected chi connectivity index (χ2v) is 2.92.